The van der Waals surface area contributed by atoms with Gasteiger partial charge in [-0.1, -0.05) is 0 Å². The van der Waals surface area contributed by atoms with E-state index in [2.05, 4.69) is 0 Å². The number of carboxylic acid groups (broad SMARTS) is 1. The summed E-state index contributed by atoms with van der Waals surface area (Å²) < 4.78 is 13.5. The summed E-state index contributed by atoms with van der Waals surface area (Å²) in [6.07, 6.45) is 0. The normalized spacial score (nSPS) is 10.6. The van der Waals surface area contributed by atoms with Crippen LogP contribution >= 0.6 is 11.3 Å². The molecule has 72 valence electrons. The van der Waals surface area contributed by atoms with Gasteiger partial charge in [-0.25, -0.2) is 9.18 Å². The summed E-state index contributed by atoms with van der Waals surface area (Å²) in [4.78, 5) is 10.8. The smallest absolute Gasteiger partial charge is 0.336 e. The Hall–Kier alpha value is -1.62. The van der Waals surface area contributed by atoms with Crippen molar-refractivity contribution < 1.29 is 14.3 Å². The molecule has 14 heavy (non-hydrogen) atoms. The van der Waals surface area contributed by atoms with Crippen LogP contribution in [0.25, 0.3) is 10.1 Å². The van der Waals surface area contributed by atoms with Crippen LogP contribution in [0.15, 0.2) is 17.5 Å². The fraction of sp³-hybridized carbons (Fsp3) is 0. The minimum absolute atomic E-state index is 0.0418. The highest BCUT2D eigenvalue weighted by Crippen LogP contribution is 2.32. The Bertz CT molecular complexity index is 521. The number of hydrogen-bond donors (Lipinski definition) is 2. The summed E-state index contributed by atoms with van der Waals surface area (Å²) in [5.41, 5.74) is 5.91. The van der Waals surface area contributed by atoms with Gasteiger partial charge in [-0.15, -0.1) is 11.3 Å². The minimum atomic E-state index is -1.10. The molecule has 1 aromatic carbocycles. The predicted molar refractivity (Wildman–Crippen MR) is 53.2 cm³/mol. The number of rotatable bonds is 1. The van der Waals surface area contributed by atoms with Crippen molar-refractivity contribution in [3.63, 3.8) is 0 Å². The molecular formula is C9H6FNO2S. The van der Waals surface area contributed by atoms with Gasteiger partial charge in [0.1, 0.15) is 5.82 Å². The first-order valence-corrected chi connectivity index (χ1v) is 4.67. The summed E-state index contributed by atoms with van der Waals surface area (Å²) in [5, 5.41) is 10.7. The van der Waals surface area contributed by atoms with Gasteiger partial charge in [-0.2, -0.15) is 0 Å². The third-order valence-electron chi connectivity index (χ3n) is 1.93. The van der Waals surface area contributed by atoms with Gasteiger partial charge < -0.3 is 10.8 Å². The lowest BCUT2D eigenvalue weighted by atomic mass is 10.1. The molecule has 2 aromatic rings. The van der Waals surface area contributed by atoms with E-state index in [1.165, 1.54) is 6.07 Å². The zero-order valence-corrected chi connectivity index (χ0v) is 7.77. The lowest BCUT2D eigenvalue weighted by molar-refractivity contribution is 0.0699. The van der Waals surface area contributed by atoms with Crippen molar-refractivity contribution >= 4 is 33.1 Å². The minimum Gasteiger partial charge on any atom is -0.478 e. The SMILES string of the molecule is Nc1csc2c(F)ccc(C(=O)O)c12. The Kier molecular flexibility index (Phi) is 1.89. The molecule has 0 saturated carbocycles. The molecule has 3 N–H and O–H groups in total. The number of nitrogen functional groups attached to an aromatic ring is 1. The van der Waals surface area contributed by atoms with Gasteiger partial charge in [0.25, 0.3) is 0 Å². The van der Waals surface area contributed by atoms with Crippen molar-refractivity contribution in [3.8, 4) is 0 Å². The predicted octanol–water partition coefficient (Wildman–Crippen LogP) is 2.32. The summed E-state index contributed by atoms with van der Waals surface area (Å²) in [5.74, 6) is -1.54. The van der Waals surface area contributed by atoms with Gasteiger partial charge in [0.05, 0.1) is 16.0 Å². The molecule has 0 radical (unpaired) electrons. The van der Waals surface area contributed by atoms with Crippen LogP contribution in [0.2, 0.25) is 0 Å². The Labute approximate surface area is 82.6 Å². The second kappa shape index (κ2) is 2.95. The number of nitrogens with two attached hydrogens (primary N) is 1. The van der Waals surface area contributed by atoms with Gasteiger partial charge in [0.2, 0.25) is 0 Å². The van der Waals surface area contributed by atoms with Crippen LogP contribution in [-0.2, 0) is 0 Å². The molecule has 0 spiro atoms. The number of aromatic carboxylic acids is 1. The zero-order chi connectivity index (χ0) is 10.3. The van der Waals surface area contributed by atoms with Crippen molar-refractivity contribution in [3.05, 3.63) is 28.9 Å². The van der Waals surface area contributed by atoms with E-state index >= 15 is 0 Å². The Morgan fingerprint density at radius 3 is 2.86 bits per heavy atom. The van der Waals surface area contributed by atoms with Gasteiger partial charge in [-0.3, -0.25) is 0 Å². The van der Waals surface area contributed by atoms with E-state index in [0.717, 1.165) is 17.4 Å². The second-order valence-electron chi connectivity index (χ2n) is 2.80. The van der Waals surface area contributed by atoms with Crippen molar-refractivity contribution in [1.82, 2.24) is 0 Å². The second-order valence-corrected chi connectivity index (χ2v) is 3.67. The molecule has 5 heteroatoms. The average molecular weight is 211 g/mol. The fourth-order valence-electron chi connectivity index (χ4n) is 1.32. The number of carboxylic acids is 1. The summed E-state index contributed by atoms with van der Waals surface area (Å²) in [7, 11) is 0. The topological polar surface area (TPSA) is 63.3 Å². The summed E-state index contributed by atoms with van der Waals surface area (Å²) in [6, 6.07) is 2.37. The molecule has 0 unspecified atom stereocenters. The quantitative estimate of drug-likeness (QED) is 0.760. The van der Waals surface area contributed by atoms with Gasteiger partial charge in [0.15, 0.2) is 0 Å². The first kappa shape index (κ1) is 8.96. The first-order chi connectivity index (χ1) is 6.61. The number of thiophene rings is 1. The van der Waals surface area contributed by atoms with Gasteiger partial charge >= 0.3 is 5.97 Å². The van der Waals surface area contributed by atoms with E-state index < -0.39 is 11.8 Å². The molecule has 0 aliphatic carbocycles. The highest BCUT2D eigenvalue weighted by molar-refractivity contribution is 7.17. The molecule has 1 aromatic heterocycles. The zero-order valence-electron chi connectivity index (χ0n) is 6.95. The Morgan fingerprint density at radius 2 is 2.21 bits per heavy atom. The molecular weight excluding hydrogens is 205 g/mol. The highest BCUT2D eigenvalue weighted by Gasteiger charge is 2.15. The number of hydrogen-bond acceptors (Lipinski definition) is 3. The molecule has 0 aliphatic heterocycles. The third kappa shape index (κ3) is 1.13. The van der Waals surface area contributed by atoms with Crippen molar-refractivity contribution in [2.24, 2.45) is 0 Å². The fourth-order valence-corrected chi connectivity index (χ4v) is 2.21. The van der Waals surface area contributed by atoms with Crippen molar-refractivity contribution in [2.45, 2.75) is 0 Å². The first-order valence-electron chi connectivity index (χ1n) is 3.79. The van der Waals surface area contributed by atoms with Crippen LogP contribution in [0.1, 0.15) is 10.4 Å². The van der Waals surface area contributed by atoms with E-state index in [4.69, 9.17) is 10.8 Å². The highest BCUT2D eigenvalue weighted by atomic mass is 32.1. The molecule has 2 rings (SSSR count). The monoisotopic (exact) mass is 211 g/mol. The van der Waals surface area contributed by atoms with Crippen molar-refractivity contribution in [1.29, 1.82) is 0 Å². The Balaban J connectivity index is 2.92. The average Bonchev–Trinajstić information content (AvgIpc) is 2.50. The van der Waals surface area contributed by atoms with Crippen LogP contribution in [0.4, 0.5) is 10.1 Å². The van der Waals surface area contributed by atoms with Crippen LogP contribution in [0.5, 0.6) is 0 Å². The summed E-state index contributed by atoms with van der Waals surface area (Å²) >= 11 is 1.11. The maximum atomic E-state index is 13.2. The molecule has 0 bridgehead atoms. The van der Waals surface area contributed by atoms with Crippen molar-refractivity contribution in [2.75, 3.05) is 5.73 Å². The number of fused-ring (bicyclic) bond motifs is 1. The van der Waals surface area contributed by atoms with E-state index in [0.29, 0.717) is 15.8 Å². The third-order valence-corrected chi connectivity index (χ3v) is 2.94. The molecule has 0 atom stereocenters. The lowest BCUT2D eigenvalue weighted by Crippen LogP contribution is -1.98. The van der Waals surface area contributed by atoms with E-state index in [9.17, 15) is 9.18 Å². The van der Waals surface area contributed by atoms with Crippen LogP contribution in [0, 0.1) is 5.82 Å². The maximum absolute atomic E-state index is 13.2. The van der Waals surface area contributed by atoms with Crippen LogP contribution in [-0.4, -0.2) is 11.1 Å². The van der Waals surface area contributed by atoms with Gasteiger partial charge in [-0.05, 0) is 12.1 Å². The maximum Gasteiger partial charge on any atom is 0.336 e. The van der Waals surface area contributed by atoms with Gasteiger partial charge in [0, 0.05) is 10.8 Å². The van der Waals surface area contributed by atoms with Crippen LogP contribution in [0.3, 0.4) is 0 Å². The number of anilines is 1. The molecule has 0 aliphatic rings. The molecule has 0 fully saturated rings. The van der Waals surface area contributed by atoms with Crippen LogP contribution < -0.4 is 5.73 Å². The number of carbonyl (C=O) groups is 1. The molecule has 3 nitrogen and oxygen atoms in total. The molecule has 1 heterocycles. The standard InChI is InChI=1S/C9H6FNO2S/c10-5-2-1-4(9(12)13)7-6(11)3-14-8(5)7/h1-3H,11H2,(H,12,13). The molecule has 0 amide bonds. The molecule has 0 saturated heterocycles. The number of halogens is 1. The largest absolute Gasteiger partial charge is 0.478 e. The Morgan fingerprint density at radius 1 is 1.50 bits per heavy atom. The number of benzene rings is 1. The van der Waals surface area contributed by atoms with E-state index in [1.54, 1.807) is 5.38 Å². The van der Waals surface area contributed by atoms with E-state index in [1.807, 2.05) is 0 Å². The lowest BCUT2D eigenvalue weighted by Gasteiger charge is -1.99. The van der Waals surface area contributed by atoms with E-state index in [-0.39, 0.29) is 5.56 Å². The summed E-state index contributed by atoms with van der Waals surface area (Å²) in [6.45, 7) is 0.